The molecule has 1 aliphatic heterocycles. The lowest BCUT2D eigenvalue weighted by Crippen LogP contribution is -2.31. The zero-order chi connectivity index (χ0) is 10.7. The summed E-state index contributed by atoms with van der Waals surface area (Å²) in [6.45, 7) is 3.26. The first-order valence-electron chi connectivity index (χ1n) is 5.20. The second kappa shape index (κ2) is 4.49. The number of ether oxygens (including phenoxy) is 1. The summed E-state index contributed by atoms with van der Waals surface area (Å²) < 4.78 is 10.5. The third-order valence-electron chi connectivity index (χ3n) is 2.47. The summed E-state index contributed by atoms with van der Waals surface area (Å²) in [4.78, 5) is 11.6. The van der Waals surface area contributed by atoms with Crippen molar-refractivity contribution in [3.63, 3.8) is 0 Å². The van der Waals surface area contributed by atoms with Crippen molar-refractivity contribution in [2.24, 2.45) is 0 Å². The highest BCUT2D eigenvalue weighted by atomic mass is 16.5. The van der Waals surface area contributed by atoms with Gasteiger partial charge in [0.25, 0.3) is 5.91 Å². The first-order valence-corrected chi connectivity index (χ1v) is 5.20. The van der Waals surface area contributed by atoms with Gasteiger partial charge in [-0.05, 0) is 31.4 Å². The minimum Gasteiger partial charge on any atom is -0.459 e. The molecule has 4 heteroatoms. The number of amides is 1. The maximum Gasteiger partial charge on any atom is 0.287 e. The second-order valence-electron chi connectivity index (χ2n) is 3.83. The van der Waals surface area contributed by atoms with Crippen LogP contribution in [0.15, 0.2) is 16.7 Å². The number of aryl methyl sites for hydroxylation is 1. The first kappa shape index (κ1) is 10.2. The molecule has 0 bridgehead atoms. The molecule has 0 spiro atoms. The summed E-state index contributed by atoms with van der Waals surface area (Å²) in [6.07, 6.45) is 3.85. The molecule has 15 heavy (non-hydrogen) atoms. The van der Waals surface area contributed by atoms with Crippen molar-refractivity contribution in [3.05, 3.63) is 23.7 Å². The van der Waals surface area contributed by atoms with Crippen molar-refractivity contribution < 1.29 is 13.9 Å². The van der Waals surface area contributed by atoms with Crippen molar-refractivity contribution >= 4 is 5.91 Å². The third kappa shape index (κ3) is 2.59. The third-order valence-corrected chi connectivity index (χ3v) is 2.47. The van der Waals surface area contributed by atoms with Crippen LogP contribution in [-0.2, 0) is 4.74 Å². The van der Waals surface area contributed by atoms with Gasteiger partial charge in [0.2, 0.25) is 0 Å². The second-order valence-corrected chi connectivity index (χ2v) is 3.83. The Hall–Kier alpha value is -1.29. The van der Waals surface area contributed by atoms with Gasteiger partial charge in [0.05, 0.1) is 12.4 Å². The maximum absolute atomic E-state index is 11.6. The Morgan fingerprint density at radius 1 is 1.67 bits per heavy atom. The standard InChI is InChI=1S/C11H15NO3/c1-8-5-10(15-7-8)11(13)12-6-9-3-2-4-14-9/h5,7,9H,2-4,6H2,1H3,(H,12,13). The average molecular weight is 209 g/mol. The van der Waals surface area contributed by atoms with Gasteiger partial charge in [-0.15, -0.1) is 0 Å². The molecule has 1 atom stereocenters. The summed E-state index contributed by atoms with van der Waals surface area (Å²) >= 11 is 0. The molecule has 1 aromatic heterocycles. The van der Waals surface area contributed by atoms with Crippen LogP contribution >= 0.6 is 0 Å². The summed E-state index contributed by atoms with van der Waals surface area (Å²) in [5, 5.41) is 2.80. The summed E-state index contributed by atoms with van der Waals surface area (Å²) in [5.74, 6) is 0.198. The van der Waals surface area contributed by atoms with Gasteiger partial charge < -0.3 is 14.5 Å². The van der Waals surface area contributed by atoms with Crippen LogP contribution in [0.4, 0.5) is 0 Å². The van der Waals surface area contributed by atoms with Gasteiger partial charge in [-0.3, -0.25) is 4.79 Å². The molecule has 0 aromatic carbocycles. The van der Waals surface area contributed by atoms with Gasteiger partial charge in [0.1, 0.15) is 0 Å². The van der Waals surface area contributed by atoms with E-state index in [2.05, 4.69) is 5.32 Å². The van der Waals surface area contributed by atoms with Crippen LogP contribution < -0.4 is 5.32 Å². The fourth-order valence-corrected chi connectivity index (χ4v) is 1.65. The van der Waals surface area contributed by atoms with Gasteiger partial charge in [-0.1, -0.05) is 0 Å². The zero-order valence-corrected chi connectivity index (χ0v) is 8.79. The molecular weight excluding hydrogens is 194 g/mol. The number of hydrogen-bond acceptors (Lipinski definition) is 3. The fourth-order valence-electron chi connectivity index (χ4n) is 1.65. The molecule has 0 radical (unpaired) electrons. The smallest absolute Gasteiger partial charge is 0.287 e. The molecule has 82 valence electrons. The Kier molecular flexibility index (Phi) is 3.06. The van der Waals surface area contributed by atoms with Crippen molar-refractivity contribution in [1.29, 1.82) is 0 Å². The first-order chi connectivity index (χ1) is 7.25. The molecule has 1 fully saturated rings. The Labute approximate surface area is 88.6 Å². The molecule has 2 heterocycles. The number of carbonyl (C=O) groups excluding carboxylic acids is 1. The maximum atomic E-state index is 11.6. The summed E-state index contributed by atoms with van der Waals surface area (Å²) in [7, 11) is 0. The Balaban J connectivity index is 1.81. The number of hydrogen-bond donors (Lipinski definition) is 1. The molecule has 1 aromatic rings. The predicted octanol–water partition coefficient (Wildman–Crippen LogP) is 1.50. The number of furan rings is 1. The monoisotopic (exact) mass is 209 g/mol. The molecule has 2 rings (SSSR count). The molecule has 0 aliphatic carbocycles. The molecule has 0 saturated carbocycles. The van der Waals surface area contributed by atoms with E-state index in [1.54, 1.807) is 12.3 Å². The molecule has 1 saturated heterocycles. The summed E-state index contributed by atoms with van der Waals surface area (Å²) in [5.41, 5.74) is 0.956. The van der Waals surface area contributed by atoms with Gasteiger partial charge in [-0.25, -0.2) is 0 Å². The zero-order valence-electron chi connectivity index (χ0n) is 8.79. The van der Waals surface area contributed by atoms with E-state index < -0.39 is 0 Å². The SMILES string of the molecule is Cc1coc(C(=O)NCC2CCCO2)c1. The van der Waals surface area contributed by atoms with Crippen LogP contribution in [0.5, 0.6) is 0 Å². The normalized spacial score (nSPS) is 20.5. The van der Waals surface area contributed by atoms with Crippen LogP contribution in [0.25, 0.3) is 0 Å². The number of carbonyl (C=O) groups is 1. The lowest BCUT2D eigenvalue weighted by atomic mass is 10.2. The predicted molar refractivity (Wildman–Crippen MR) is 54.8 cm³/mol. The number of nitrogens with one attached hydrogen (secondary N) is 1. The summed E-state index contributed by atoms with van der Waals surface area (Å²) in [6, 6.07) is 1.73. The van der Waals surface area contributed by atoms with Crippen LogP contribution in [0.1, 0.15) is 29.0 Å². The quantitative estimate of drug-likeness (QED) is 0.820. The van der Waals surface area contributed by atoms with E-state index in [9.17, 15) is 4.79 Å². The van der Waals surface area contributed by atoms with E-state index in [4.69, 9.17) is 9.15 Å². The van der Waals surface area contributed by atoms with E-state index in [-0.39, 0.29) is 12.0 Å². The lowest BCUT2D eigenvalue weighted by molar-refractivity contribution is 0.0835. The lowest BCUT2D eigenvalue weighted by Gasteiger charge is -2.09. The number of rotatable bonds is 3. The highest BCUT2D eigenvalue weighted by Crippen LogP contribution is 2.11. The largest absolute Gasteiger partial charge is 0.459 e. The Morgan fingerprint density at radius 3 is 3.13 bits per heavy atom. The minimum atomic E-state index is -0.168. The van der Waals surface area contributed by atoms with Gasteiger partial charge >= 0.3 is 0 Å². The Morgan fingerprint density at radius 2 is 2.53 bits per heavy atom. The van der Waals surface area contributed by atoms with Crippen LogP contribution in [0, 0.1) is 6.92 Å². The molecule has 1 unspecified atom stereocenters. The molecular formula is C11H15NO3. The van der Waals surface area contributed by atoms with Crippen molar-refractivity contribution in [3.8, 4) is 0 Å². The van der Waals surface area contributed by atoms with Crippen LogP contribution in [0.2, 0.25) is 0 Å². The fraction of sp³-hybridized carbons (Fsp3) is 0.545. The topological polar surface area (TPSA) is 51.5 Å². The van der Waals surface area contributed by atoms with E-state index >= 15 is 0 Å². The van der Waals surface area contributed by atoms with Gasteiger partial charge in [0, 0.05) is 13.2 Å². The van der Waals surface area contributed by atoms with E-state index in [0.717, 1.165) is 25.0 Å². The highest BCUT2D eigenvalue weighted by Gasteiger charge is 2.17. The highest BCUT2D eigenvalue weighted by molar-refractivity contribution is 5.91. The Bertz CT molecular complexity index is 339. The van der Waals surface area contributed by atoms with E-state index in [1.807, 2.05) is 6.92 Å². The van der Waals surface area contributed by atoms with Crippen molar-refractivity contribution in [2.75, 3.05) is 13.2 Å². The van der Waals surface area contributed by atoms with E-state index in [0.29, 0.717) is 12.3 Å². The molecule has 4 nitrogen and oxygen atoms in total. The van der Waals surface area contributed by atoms with Crippen molar-refractivity contribution in [1.82, 2.24) is 5.32 Å². The van der Waals surface area contributed by atoms with E-state index in [1.165, 1.54) is 0 Å². The van der Waals surface area contributed by atoms with Gasteiger partial charge in [0.15, 0.2) is 5.76 Å². The van der Waals surface area contributed by atoms with Crippen molar-refractivity contribution in [2.45, 2.75) is 25.9 Å². The average Bonchev–Trinajstić information content (AvgIpc) is 2.84. The molecule has 1 N–H and O–H groups in total. The molecule has 1 aliphatic rings. The molecule has 1 amide bonds. The van der Waals surface area contributed by atoms with Gasteiger partial charge in [-0.2, -0.15) is 0 Å². The van der Waals surface area contributed by atoms with Crippen LogP contribution in [0.3, 0.4) is 0 Å². The van der Waals surface area contributed by atoms with Crippen LogP contribution in [-0.4, -0.2) is 25.2 Å². The minimum absolute atomic E-state index is 0.168.